The monoisotopic (exact) mass is 614 g/mol. The van der Waals surface area contributed by atoms with Crippen molar-refractivity contribution in [2.24, 2.45) is 5.92 Å². The average Bonchev–Trinajstić information content (AvgIpc) is 3.39. The van der Waals surface area contributed by atoms with E-state index in [1.54, 1.807) is 45.0 Å². The van der Waals surface area contributed by atoms with Gasteiger partial charge in [0.15, 0.2) is 0 Å². The largest absolute Gasteiger partial charge is 0.444 e. The maximum Gasteiger partial charge on any atom is 0.408 e. The molecule has 11 nitrogen and oxygen atoms in total. The second-order valence-corrected chi connectivity index (χ2v) is 14.0. The van der Waals surface area contributed by atoms with Crippen molar-refractivity contribution in [3.05, 3.63) is 53.5 Å². The van der Waals surface area contributed by atoms with Gasteiger partial charge in [-0.2, -0.15) is 0 Å². The lowest BCUT2D eigenvalue weighted by molar-refractivity contribution is -0.141. The van der Waals surface area contributed by atoms with Crippen molar-refractivity contribution in [3.8, 4) is 0 Å². The maximum absolute atomic E-state index is 13.7. The number of hydrogen-bond acceptors (Lipinski definition) is 7. The summed E-state index contributed by atoms with van der Waals surface area (Å²) in [5.41, 5.74) is -1.54. The van der Waals surface area contributed by atoms with Crippen molar-refractivity contribution in [3.63, 3.8) is 0 Å². The minimum Gasteiger partial charge on any atom is -0.444 e. The fourth-order valence-corrected chi connectivity index (χ4v) is 6.37. The molecule has 1 aliphatic carbocycles. The number of benzene rings is 1. The third-order valence-electron chi connectivity index (χ3n) is 7.80. The molecule has 0 spiro atoms. The van der Waals surface area contributed by atoms with E-state index in [1.165, 1.54) is 11.0 Å². The number of nitrogens with zero attached hydrogens (tertiary/aromatic N) is 1. The van der Waals surface area contributed by atoms with Crippen molar-refractivity contribution in [2.75, 3.05) is 6.54 Å². The van der Waals surface area contributed by atoms with Gasteiger partial charge in [0, 0.05) is 12.5 Å². The van der Waals surface area contributed by atoms with Crippen LogP contribution in [-0.2, 0) is 29.1 Å². The molecule has 3 aliphatic rings. The predicted octanol–water partition coefficient (Wildman–Crippen LogP) is 3.38. The Morgan fingerprint density at radius 1 is 1.07 bits per heavy atom. The van der Waals surface area contributed by atoms with Crippen LogP contribution in [0.3, 0.4) is 0 Å². The van der Waals surface area contributed by atoms with Crippen LogP contribution in [0.1, 0.15) is 77.7 Å². The lowest BCUT2D eigenvalue weighted by Crippen LogP contribution is -2.58. The van der Waals surface area contributed by atoms with Gasteiger partial charge in [-0.25, -0.2) is 17.9 Å². The summed E-state index contributed by atoms with van der Waals surface area (Å²) >= 11 is 0. The summed E-state index contributed by atoms with van der Waals surface area (Å²) in [5, 5.41) is 6.44. The molecule has 4 atom stereocenters. The Labute approximate surface area is 253 Å². The third kappa shape index (κ3) is 8.68. The number of alkyl carbamates (subject to hydrolysis) is 1. The number of nitrogens with one attached hydrogen (secondary N) is 3. The van der Waals surface area contributed by atoms with Gasteiger partial charge in [-0.05, 0) is 70.9 Å². The first-order valence-corrected chi connectivity index (χ1v) is 16.4. The second kappa shape index (κ2) is 13.3. The molecule has 2 aliphatic heterocycles. The van der Waals surface area contributed by atoms with Crippen molar-refractivity contribution in [1.29, 1.82) is 0 Å². The van der Waals surface area contributed by atoms with Crippen LogP contribution in [0.4, 0.5) is 4.79 Å². The van der Waals surface area contributed by atoms with Crippen molar-refractivity contribution >= 4 is 39.9 Å². The molecule has 3 N–H and O–H groups in total. The lowest BCUT2D eigenvalue weighted by Gasteiger charge is -2.30. The summed E-state index contributed by atoms with van der Waals surface area (Å²) < 4.78 is 33.1. The van der Waals surface area contributed by atoms with Gasteiger partial charge in [0.05, 0.1) is 5.41 Å². The summed E-state index contributed by atoms with van der Waals surface area (Å²) in [5.74, 6) is -2.11. The van der Waals surface area contributed by atoms with E-state index in [0.29, 0.717) is 44.2 Å². The molecule has 0 radical (unpaired) electrons. The topological polar surface area (TPSA) is 151 Å². The molecule has 1 saturated heterocycles. The summed E-state index contributed by atoms with van der Waals surface area (Å²) in [6, 6.07) is 7.09. The van der Waals surface area contributed by atoms with E-state index >= 15 is 0 Å². The molecule has 12 heteroatoms. The molecule has 0 bridgehead atoms. The number of hydrogen-bond donors (Lipinski definition) is 3. The third-order valence-corrected chi connectivity index (χ3v) is 8.76. The maximum atomic E-state index is 13.7. The zero-order chi connectivity index (χ0) is 31.3. The molecular formula is C31H42N4O7S. The average molecular weight is 615 g/mol. The summed E-state index contributed by atoms with van der Waals surface area (Å²) in [7, 11) is -4.15. The minimum atomic E-state index is -4.15. The van der Waals surface area contributed by atoms with Gasteiger partial charge in [0.1, 0.15) is 23.2 Å². The molecule has 1 aromatic carbocycles. The molecule has 43 heavy (non-hydrogen) atoms. The van der Waals surface area contributed by atoms with Crippen molar-refractivity contribution in [1.82, 2.24) is 20.3 Å². The van der Waals surface area contributed by atoms with Crippen LogP contribution in [0.25, 0.3) is 6.08 Å². The SMILES string of the molecule is CC(C)(C)OC(=O)N[C@H]1CCCCC/C=C\[C@@H]2C[C@@]2(C(=O)NS(=O)(=O)/C=C/c2ccccc2)NC(=O)[C@@H]2CCCN2C1=O. The molecule has 1 aromatic rings. The van der Waals surface area contributed by atoms with E-state index in [2.05, 4.69) is 15.4 Å². The van der Waals surface area contributed by atoms with E-state index in [-0.39, 0.29) is 18.2 Å². The Bertz CT molecular complexity index is 1370. The molecule has 0 unspecified atom stereocenters. The first-order valence-electron chi connectivity index (χ1n) is 14.9. The Morgan fingerprint density at radius 3 is 2.53 bits per heavy atom. The Kier molecular flexibility index (Phi) is 9.99. The van der Waals surface area contributed by atoms with Gasteiger partial charge in [0.2, 0.25) is 11.8 Å². The second-order valence-electron chi connectivity index (χ2n) is 12.4. The van der Waals surface area contributed by atoms with Crippen molar-refractivity contribution < 1.29 is 32.3 Å². The number of sulfonamides is 1. The predicted molar refractivity (Wildman–Crippen MR) is 162 cm³/mol. The molecule has 4 rings (SSSR count). The zero-order valence-electron chi connectivity index (χ0n) is 25.0. The number of fused-ring (bicyclic) bond motifs is 2. The van der Waals surface area contributed by atoms with Crippen LogP contribution in [-0.4, -0.2) is 66.9 Å². The van der Waals surface area contributed by atoms with E-state index in [1.807, 2.05) is 18.2 Å². The number of rotatable bonds is 5. The molecule has 0 aromatic heterocycles. The van der Waals surface area contributed by atoms with E-state index in [4.69, 9.17) is 4.74 Å². The smallest absolute Gasteiger partial charge is 0.408 e. The van der Waals surface area contributed by atoms with Crippen LogP contribution in [0.2, 0.25) is 0 Å². The highest BCUT2D eigenvalue weighted by atomic mass is 32.2. The van der Waals surface area contributed by atoms with Crippen molar-refractivity contribution in [2.45, 2.75) is 95.4 Å². The standard InChI is InChI=1S/C31H42N4O7S/c1-30(2,3)42-29(39)32-24-16-11-6-4-5-10-15-23-21-31(23,33-26(36)25-17-12-19-35(25)27(24)37)28(38)34-43(40,41)20-18-22-13-8-7-9-14-22/h7-10,13-15,18,20,23-25H,4-6,11-12,16-17,19,21H2,1-3H3,(H,32,39)(H,33,36)(H,34,38)/b15-10-,20-18+/t23-,24+,25+,31-/m1/s1. The van der Waals surface area contributed by atoms with Gasteiger partial charge in [0.25, 0.3) is 15.9 Å². The summed E-state index contributed by atoms with van der Waals surface area (Å²) in [6.07, 6.45) is 9.12. The van der Waals surface area contributed by atoms with Gasteiger partial charge in [-0.3, -0.25) is 14.4 Å². The highest BCUT2D eigenvalue weighted by Crippen LogP contribution is 2.45. The van der Waals surface area contributed by atoms with Crippen LogP contribution in [0, 0.1) is 5.92 Å². The van der Waals surface area contributed by atoms with Crippen LogP contribution >= 0.6 is 0 Å². The number of ether oxygens (including phenoxy) is 1. The molecule has 1 saturated carbocycles. The molecular weight excluding hydrogens is 572 g/mol. The zero-order valence-corrected chi connectivity index (χ0v) is 25.8. The minimum absolute atomic E-state index is 0.239. The highest BCUT2D eigenvalue weighted by Gasteiger charge is 2.61. The van der Waals surface area contributed by atoms with E-state index < -0.39 is 51.2 Å². The number of allylic oxidation sites excluding steroid dienone is 1. The fraction of sp³-hybridized carbons (Fsp3) is 0.548. The molecule has 234 valence electrons. The fourth-order valence-electron chi connectivity index (χ4n) is 5.53. The van der Waals surface area contributed by atoms with E-state index in [9.17, 15) is 27.6 Å². The molecule has 2 heterocycles. The van der Waals surface area contributed by atoms with Gasteiger partial charge in [-0.1, -0.05) is 55.3 Å². The number of carbonyl (C=O) groups excluding carboxylic acids is 4. The summed E-state index contributed by atoms with van der Waals surface area (Å²) in [6.45, 7) is 5.54. The Balaban J connectivity index is 1.53. The summed E-state index contributed by atoms with van der Waals surface area (Å²) in [4.78, 5) is 54.8. The van der Waals surface area contributed by atoms with Crippen LogP contribution in [0.5, 0.6) is 0 Å². The Hall–Kier alpha value is -3.67. The Morgan fingerprint density at radius 2 is 1.81 bits per heavy atom. The first kappa shape index (κ1) is 32.2. The lowest BCUT2D eigenvalue weighted by atomic mass is 10.0. The highest BCUT2D eigenvalue weighted by molar-refractivity contribution is 7.93. The quantitative estimate of drug-likeness (QED) is 0.430. The van der Waals surface area contributed by atoms with Crippen LogP contribution in [0.15, 0.2) is 47.9 Å². The van der Waals surface area contributed by atoms with Gasteiger partial charge < -0.3 is 20.3 Å². The first-order chi connectivity index (χ1) is 20.3. The van der Waals surface area contributed by atoms with Crippen LogP contribution < -0.4 is 15.4 Å². The van der Waals surface area contributed by atoms with Gasteiger partial charge >= 0.3 is 6.09 Å². The van der Waals surface area contributed by atoms with Gasteiger partial charge in [-0.15, -0.1) is 0 Å². The normalized spacial score (nSPS) is 27.6. The number of carbonyl (C=O) groups is 4. The van der Waals surface area contributed by atoms with E-state index in [0.717, 1.165) is 18.2 Å². The molecule has 2 fully saturated rings. The number of amides is 4. The molecule has 4 amide bonds.